The topological polar surface area (TPSA) is 42.0 Å². The van der Waals surface area contributed by atoms with Gasteiger partial charge in [0, 0.05) is 10.6 Å². The van der Waals surface area contributed by atoms with E-state index in [2.05, 4.69) is 26.2 Å². The van der Waals surface area contributed by atoms with Gasteiger partial charge < -0.3 is 5.32 Å². The predicted molar refractivity (Wildman–Crippen MR) is 76.1 cm³/mol. The molecule has 1 heterocycles. The zero-order valence-electron chi connectivity index (χ0n) is 9.58. The van der Waals surface area contributed by atoms with Crippen molar-refractivity contribution in [3.63, 3.8) is 0 Å². The maximum atomic E-state index is 12.1. The largest absolute Gasteiger partial charge is 0.321 e. The van der Waals surface area contributed by atoms with Crippen molar-refractivity contribution >= 4 is 39.1 Å². The number of carbonyl (C=O) groups is 1. The first-order valence-electron chi connectivity index (χ1n) is 5.25. The van der Waals surface area contributed by atoms with Crippen LogP contribution in [-0.2, 0) is 0 Å². The van der Waals surface area contributed by atoms with Crippen molar-refractivity contribution in [1.29, 1.82) is 0 Å². The normalized spacial score (nSPS) is 10.2. The van der Waals surface area contributed by atoms with Crippen LogP contribution in [-0.4, -0.2) is 10.9 Å². The SMILES string of the molecule is Cc1ccc(Cl)cc1C(=O)Nc1ccc(Br)nc1. The molecule has 0 spiro atoms. The van der Waals surface area contributed by atoms with Crippen LogP contribution < -0.4 is 5.32 Å². The van der Waals surface area contributed by atoms with Gasteiger partial charge in [-0.15, -0.1) is 0 Å². The Morgan fingerprint density at radius 2 is 2.11 bits per heavy atom. The van der Waals surface area contributed by atoms with E-state index in [1.54, 1.807) is 30.5 Å². The molecule has 2 aromatic rings. The van der Waals surface area contributed by atoms with Gasteiger partial charge in [0.05, 0.1) is 11.9 Å². The first-order chi connectivity index (χ1) is 8.56. The number of nitrogens with zero attached hydrogens (tertiary/aromatic N) is 1. The van der Waals surface area contributed by atoms with E-state index in [9.17, 15) is 4.79 Å². The van der Waals surface area contributed by atoms with Crippen LogP contribution in [0.3, 0.4) is 0 Å². The van der Waals surface area contributed by atoms with Gasteiger partial charge in [0.25, 0.3) is 5.91 Å². The minimum Gasteiger partial charge on any atom is -0.321 e. The van der Waals surface area contributed by atoms with Crippen molar-refractivity contribution in [3.05, 3.63) is 57.3 Å². The molecule has 5 heteroatoms. The third kappa shape index (κ3) is 3.09. The van der Waals surface area contributed by atoms with Gasteiger partial charge in [0.2, 0.25) is 0 Å². The Kier molecular flexibility index (Phi) is 3.99. The highest BCUT2D eigenvalue weighted by Crippen LogP contribution is 2.17. The predicted octanol–water partition coefficient (Wildman–Crippen LogP) is 4.06. The number of amides is 1. The summed E-state index contributed by atoms with van der Waals surface area (Å²) in [5.41, 5.74) is 2.08. The molecule has 0 saturated carbocycles. The van der Waals surface area contributed by atoms with Crippen LogP contribution in [0.5, 0.6) is 0 Å². The third-order valence-corrected chi connectivity index (χ3v) is 3.13. The van der Waals surface area contributed by atoms with E-state index < -0.39 is 0 Å². The molecule has 0 fully saturated rings. The maximum absolute atomic E-state index is 12.1. The molecule has 1 aromatic heterocycles. The van der Waals surface area contributed by atoms with Crippen molar-refractivity contribution in [3.8, 4) is 0 Å². The molecule has 0 aliphatic heterocycles. The minimum absolute atomic E-state index is 0.195. The fourth-order valence-corrected chi connectivity index (χ4v) is 1.89. The molecule has 1 aromatic carbocycles. The average molecular weight is 326 g/mol. The van der Waals surface area contributed by atoms with Gasteiger partial charge in [-0.05, 0) is 52.7 Å². The average Bonchev–Trinajstić information content (AvgIpc) is 2.35. The Morgan fingerprint density at radius 3 is 2.78 bits per heavy atom. The minimum atomic E-state index is -0.195. The van der Waals surface area contributed by atoms with Gasteiger partial charge in [0.15, 0.2) is 0 Å². The van der Waals surface area contributed by atoms with Crippen LogP contribution in [0.25, 0.3) is 0 Å². The standard InChI is InChI=1S/C13H10BrClN2O/c1-8-2-3-9(15)6-11(8)13(18)17-10-4-5-12(14)16-7-10/h2-7H,1H3,(H,17,18). The monoisotopic (exact) mass is 324 g/mol. The number of carbonyl (C=O) groups excluding carboxylic acids is 1. The van der Waals surface area contributed by atoms with Gasteiger partial charge in [-0.3, -0.25) is 4.79 Å². The summed E-state index contributed by atoms with van der Waals surface area (Å²) in [6.07, 6.45) is 1.59. The van der Waals surface area contributed by atoms with Crippen molar-refractivity contribution in [2.24, 2.45) is 0 Å². The molecule has 0 unspecified atom stereocenters. The number of hydrogen-bond acceptors (Lipinski definition) is 2. The van der Waals surface area contributed by atoms with E-state index in [0.717, 1.165) is 10.2 Å². The quantitative estimate of drug-likeness (QED) is 0.846. The molecule has 0 aliphatic rings. The van der Waals surface area contributed by atoms with Crippen molar-refractivity contribution in [1.82, 2.24) is 4.98 Å². The Bertz CT molecular complexity index is 584. The molecule has 3 nitrogen and oxygen atoms in total. The molecule has 0 saturated heterocycles. The van der Waals surface area contributed by atoms with Crippen LogP contribution in [0.15, 0.2) is 41.1 Å². The number of nitrogens with one attached hydrogen (secondary N) is 1. The number of rotatable bonds is 2. The van der Waals surface area contributed by atoms with Crippen molar-refractivity contribution in [2.45, 2.75) is 6.92 Å². The maximum Gasteiger partial charge on any atom is 0.256 e. The summed E-state index contributed by atoms with van der Waals surface area (Å²) in [5.74, 6) is -0.195. The molecular weight excluding hydrogens is 316 g/mol. The zero-order valence-corrected chi connectivity index (χ0v) is 11.9. The van der Waals surface area contributed by atoms with E-state index in [-0.39, 0.29) is 5.91 Å². The number of anilines is 1. The van der Waals surface area contributed by atoms with E-state index in [1.807, 2.05) is 13.0 Å². The molecule has 0 atom stereocenters. The highest BCUT2D eigenvalue weighted by atomic mass is 79.9. The molecule has 92 valence electrons. The Morgan fingerprint density at radius 1 is 1.33 bits per heavy atom. The summed E-state index contributed by atoms with van der Waals surface area (Å²) in [6, 6.07) is 8.76. The molecular formula is C13H10BrClN2O. The number of aryl methyl sites for hydroxylation is 1. The summed E-state index contributed by atoms with van der Waals surface area (Å²) in [6.45, 7) is 1.87. The Labute approximate surface area is 118 Å². The lowest BCUT2D eigenvalue weighted by molar-refractivity contribution is 0.102. The Hall–Kier alpha value is -1.39. The first kappa shape index (κ1) is 13.1. The van der Waals surface area contributed by atoms with Gasteiger partial charge in [-0.25, -0.2) is 4.98 Å². The van der Waals surface area contributed by atoms with Gasteiger partial charge in [-0.2, -0.15) is 0 Å². The highest BCUT2D eigenvalue weighted by Gasteiger charge is 2.10. The van der Waals surface area contributed by atoms with Gasteiger partial charge in [-0.1, -0.05) is 17.7 Å². The number of hydrogen-bond donors (Lipinski definition) is 1. The summed E-state index contributed by atoms with van der Waals surface area (Å²) in [4.78, 5) is 16.1. The fourth-order valence-electron chi connectivity index (χ4n) is 1.49. The molecule has 0 radical (unpaired) electrons. The number of aromatic nitrogens is 1. The van der Waals surface area contributed by atoms with E-state index in [1.165, 1.54) is 0 Å². The molecule has 1 N–H and O–H groups in total. The highest BCUT2D eigenvalue weighted by molar-refractivity contribution is 9.10. The molecule has 18 heavy (non-hydrogen) atoms. The summed E-state index contributed by atoms with van der Waals surface area (Å²) in [7, 11) is 0. The molecule has 2 rings (SSSR count). The third-order valence-electron chi connectivity index (χ3n) is 2.43. The van der Waals surface area contributed by atoms with Crippen LogP contribution in [0.4, 0.5) is 5.69 Å². The first-order valence-corrected chi connectivity index (χ1v) is 6.42. The van der Waals surface area contributed by atoms with E-state index >= 15 is 0 Å². The fraction of sp³-hybridized carbons (Fsp3) is 0.0769. The smallest absolute Gasteiger partial charge is 0.256 e. The van der Waals surface area contributed by atoms with E-state index in [0.29, 0.717) is 16.3 Å². The summed E-state index contributed by atoms with van der Waals surface area (Å²) in [5, 5.41) is 3.31. The summed E-state index contributed by atoms with van der Waals surface area (Å²) >= 11 is 9.12. The van der Waals surface area contributed by atoms with Crippen molar-refractivity contribution < 1.29 is 4.79 Å². The van der Waals surface area contributed by atoms with Crippen LogP contribution in [0, 0.1) is 6.92 Å². The van der Waals surface area contributed by atoms with Gasteiger partial charge >= 0.3 is 0 Å². The molecule has 0 aliphatic carbocycles. The molecule has 1 amide bonds. The van der Waals surface area contributed by atoms with Gasteiger partial charge in [0.1, 0.15) is 4.60 Å². The van der Waals surface area contributed by atoms with Crippen LogP contribution in [0.1, 0.15) is 15.9 Å². The lowest BCUT2D eigenvalue weighted by atomic mass is 10.1. The second kappa shape index (κ2) is 5.50. The van der Waals surface area contributed by atoms with Crippen molar-refractivity contribution in [2.75, 3.05) is 5.32 Å². The molecule has 0 bridgehead atoms. The lowest BCUT2D eigenvalue weighted by Gasteiger charge is -2.07. The Balaban J connectivity index is 2.21. The number of pyridine rings is 1. The van der Waals surface area contributed by atoms with Crippen LogP contribution in [0.2, 0.25) is 5.02 Å². The van der Waals surface area contributed by atoms with E-state index in [4.69, 9.17) is 11.6 Å². The second-order valence-corrected chi connectivity index (χ2v) is 5.03. The second-order valence-electron chi connectivity index (χ2n) is 3.78. The summed E-state index contributed by atoms with van der Waals surface area (Å²) < 4.78 is 0.722. The number of benzene rings is 1. The number of halogens is 2. The lowest BCUT2D eigenvalue weighted by Crippen LogP contribution is -2.13. The van der Waals surface area contributed by atoms with Crippen LogP contribution >= 0.6 is 27.5 Å². The zero-order chi connectivity index (χ0) is 13.1.